The van der Waals surface area contributed by atoms with Crippen LogP contribution in [0.4, 0.5) is 0 Å². The van der Waals surface area contributed by atoms with Gasteiger partial charge in [0.05, 0.1) is 18.6 Å². The Morgan fingerprint density at radius 1 is 1.17 bits per heavy atom. The molecule has 5 aliphatic rings. The number of aliphatic hydroxyl groups is 4. The average molecular weight is 591 g/mol. The Labute approximate surface area is 241 Å². The molecule has 0 spiro atoms. The fraction of sp³-hybridized carbons (Fsp3) is 0.571. The van der Waals surface area contributed by atoms with Crippen molar-refractivity contribution in [2.24, 2.45) is 17.6 Å². The lowest BCUT2D eigenvalue weighted by molar-refractivity contribution is -0.149. The number of halogens is 1. The number of carbonyl (C=O) groups is 4. The summed E-state index contributed by atoms with van der Waals surface area (Å²) in [6.45, 7) is 1.69. The Bertz CT molecular complexity index is 1340. The van der Waals surface area contributed by atoms with Gasteiger partial charge >= 0.3 is 0 Å². The Balaban J connectivity index is 1.49. The van der Waals surface area contributed by atoms with Gasteiger partial charge in [0.2, 0.25) is 11.7 Å². The number of primary amides is 1. The van der Waals surface area contributed by atoms with Crippen molar-refractivity contribution in [3.05, 3.63) is 44.9 Å². The first-order valence-electron chi connectivity index (χ1n) is 13.7. The van der Waals surface area contributed by atoms with E-state index in [1.807, 2.05) is 4.90 Å². The van der Waals surface area contributed by atoms with E-state index in [2.05, 4.69) is 5.32 Å². The molecule has 13 heteroatoms. The van der Waals surface area contributed by atoms with E-state index < -0.39 is 70.2 Å². The van der Waals surface area contributed by atoms with Crippen LogP contribution in [0.15, 0.2) is 44.9 Å². The standard InChI is InChI=1S/C28H35ClN4O8/c1-32(2)21-14-9-12-8-13-10-15(29)20(31-16(34)11-33-6-4-3-5-7-33)23(36)17(13)22(35)18(12)25(38)28(14,41)26(39)19(24(21)37)27(30)40/h10,12,14,20-21,23,36-38,41H,3-9,11H2,1-2H3,(H2,30,40)(H,31,34)/t12?,14?,20?,21-,23?,28-/m0/s1. The molecule has 4 unspecified atom stereocenters. The molecule has 2 amide bonds. The third kappa shape index (κ3) is 4.62. The van der Waals surface area contributed by atoms with Gasteiger partial charge in [-0.2, -0.15) is 0 Å². The summed E-state index contributed by atoms with van der Waals surface area (Å²) >= 11 is 6.51. The van der Waals surface area contributed by atoms with Crippen LogP contribution in [-0.2, 0) is 19.2 Å². The first kappa shape index (κ1) is 29.5. The Kier molecular flexibility index (Phi) is 7.66. The van der Waals surface area contributed by atoms with Gasteiger partial charge in [-0.25, -0.2) is 0 Å². The number of nitrogens with two attached hydrogens (primary N) is 1. The van der Waals surface area contributed by atoms with Gasteiger partial charge in [-0.05, 0) is 70.4 Å². The third-order valence-corrected chi connectivity index (χ3v) is 9.39. The first-order valence-corrected chi connectivity index (χ1v) is 14.1. The highest BCUT2D eigenvalue weighted by Crippen LogP contribution is 2.53. The molecule has 1 heterocycles. The van der Waals surface area contributed by atoms with Crippen LogP contribution >= 0.6 is 11.6 Å². The fourth-order valence-corrected chi connectivity index (χ4v) is 7.46. The molecule has 1 saturated heterocycles. The molecule has 0 aromatic heterocycles. The maximum absolute atomic E-state index is 13.9. The van der Waals surface area contributed by atoms with Gasteiger partial charge in [-0.3, -0.25) is 29.0 Å². The zero-order valence-electron chi connectivity index (χ0n) is 22.9. The number of fused-ring (bicyclic) bond motifs is 2. The number of rotatable bonds is 5. The smallest absolute Gasteiger partial charge is 0.255 e. The normalized spacial score (nSPS) is 34.3. The lowest BCUT2D eigenvalue weighted by atomic mass is 9.58. The zero-order chi connectivity index (χ0) is 30.0. The SMILES string of the molecule is CN(C)[C@@H]1C(O)=C(C(N)=O)C(=O)[C@@]2(O)C(O)=C3C(=O)C4=C(C=C(Cl)C(NC(=O)CN5CCCCC5)C4O)CC3CC12. The molecule has 1 fully saturated rings. The summed E-state index contributed by atoms with van der Waals surface area (Å²) < 4.78 is 0. The molecule has 0 bridgehead atoms. The van der Waals surface area contributed by atoms with Crippen LogP contribution in [0.3, 0.4) is 0 Å². The molecule has 222 valence electrons. The van der Waals surface area contributed by atoms with Crippen LogP contribution in [0.2, 0.25) is 0 Å². The highest BCUT2D eigenvalue weighted by Gasteiger charge is 2.63. The molecule has 7 N–H and O–H groups in total. The second kappa shape index (κ2) is 10.7. The van der Waals surface area contributed by atoms with Crippen LogP contribution in [0.25, 0.3) is 0 Å². The van der Waals surface area contributed by atoms with Gasteiger partial charge < -0.3 is 31.5 Å². The second-order valence-corrected chi connectivity index (χ2v) is 12.2. The number of carbonyl (C=O) groups excluding carboxylic acids is 4. The van der Waals surface area contributed by atoms with Crippen molar-refractivity contribution in [2.45, 2.75) is 55.9 Å². The molecule has 5 rings (SSSR count). The maximum Gasteiger partial charge on any atom is 0.255 e. The maximum atomic E-state index is 13.9. The zero-order valence-corrected chi connectivity index (χ0v) is 23.6. The number of likely N-dealkylation sites (N-methyl/N-ethyl adjacent to an activating group) is 1. The summed E-state index contributed by atoms with van der Waals surface area (Å²) in [4.78, 5) is 55.7. The van der Waals surface area contributed by atoms with Crippen LogP contribution in [0, 0.1) is 11.8 Å². The van der Waals surface area contributed by atoms with Crippen molar-refractivity contribution in [3.63, 3.8) is 0 Å². The predicted molar refractivity (Wildman–Crippen MR) is 146 cm³/mol. The number of hydrogen-bond acceptors (Lipinski definition) is 10. The van der Waals surface area contributed by atoms with Crippen molar-refractivity contribution in [1.82, 2.24) is 15.1 Å². The van der Waals surface area contributed by atoms with Gasteiger partial charge in [-0.15, -0.1) is 0 Å². The lowest BCUT2D eigenvalue weighted by Gasteiger charge is -2.50. The van der Waals surface area contributed by atoms with E-state index in [1.54, 1.807) is 14.1 Å². The van der Waals surface area contributed by atoms with Gasteiger partial charge in [0, 0.05) is 22.1 Å². The van der Waals surface area contributed by atoms with Gasteiger partial charge in [0.1, 0.15) is 23.2 Å². The highest BCUT2D eigenvalue weighted by atomic mass is 35.5. The number of amides is 2. The molecule has 0 radical (unpaired) electrons. The molecular weight excluding hydrogens is 556 g/mol. The lowest BCUT2D eigenvalue weighted by Crippen LogP contribution is -2.64. The largest absolute Gasteiger partial charge is 0.510 e. The van der Waals surface area contributed by atoms with Crippen molar-refractivity contribution in [3.8, 4) is 0 Å². The van der Waals surface area contributed by atoms with Crippen molar-refractivity contribution < 1.29 is 39.6 Å². The molecule has 0 aromatic rings. The number of likely N-dealkylation sites (tertiary alicyclic amines) is 1. The third-order valence-electron chi connectivity index (χ3n) is 9.05. The topological polar surface area (TPSA) is 194 Å². The van der Waals surface area contributed by atoms with Crippen LogP contribution in [-0.4, -0.2) is 111 Å². The van der Waals surface area contributed by atoms with Gasteiger partial charge in [0.25, 0.3) is 5.91 Å². The van der Waals surface area contributed by atoms with E-state index in [0.29, 0.717) is 5.57 Å². The van der Waals surface area contributed by atoms with E-state index >= 15 is 0 Å². The molecule has 0 saturated carbocycles. The quantitative estimate of drug-likeness (QED) is 0.232. The van der Waals surface area contributed by atoms with E-state index in [9.17, 15) is 39.6 Å². The van der Waals surface area contributed by atoms with Gasteiger partial charge in [0.15, 0.2) is 11.4 Å². The minimum atomic E-state index is -2.71. The molecular formula is C28H35ClN4O8. The van der Waals surface area contributed by atoms with Gasteiger partial charge in [-0.1, -0.05) is 18.0 Å². The number of nitrogens with zero attached hydrogens (tertiary/aromatic N) is 2. The van der Waals surface area contributed by atoms with E-state index in [-0.39, 0.29) is 41.5 Å². The Morgan fingerprint density at radius 3 is 2.44 bits per heavy atom. The second-order valence-electron chi connectivity index (χ2n) is 11.8. The van der Waals surface area contributed by atoms with Crippen molar-refractivity contribution in [2.75, 3.05) is 33.7 Å². The predicted octanol–water partition coefficient (Wildman–Crippen LogP) is -0.287. The van der Waals surface area contributed by atoms with E-state index in [1.165, 1.54) is 11.0 Å². The van der Waals surface area contributed by atoms with E-state index in [4.69, 9.17) is 17.3 Å². The Hall–Kier alpha value is -3.03. The number of aliphatic hydroxyl groups excluding tert-OH is 3. The molecule has 1 aliphatic heterocycles. The van der Waals surface area contributed by atoms with Crippen LogP contribution < -0.4 is 11.1 Å². The van der Waals surface area contributed by atoms with E-state index in [0.717, 1.165) is 32.4 Å². The summed E-state index contributed by atoms with van der Waals surface area (Å²) in [6, 6.07) is -2.17. The minimum absolute atomic E-state index is 0.0132. The molecule has 41 heavy (non-hydrogen) atoms. The molecule has 12 nitrogen and oxygen atoms in total. The number of hydrogen-bond donors (Lipinski definition) is 6. The summed E-state index contributed by atoms with van der Waals surface area (Å²) in [5.74, 6) is -7.09. The molecule has 6 atom stereocenters. The minimum Gasteiger partial charge on any atom is -0.510 e. The number of nitrogens with one attached hydrogen (secondary N) is 1. The molecule has 0 aromatic carbocycles. The summed E-state index contributed by atoms with van der Waals surface area (Å²) in [7, 11) is 3.14. The number of ketones is 2. The van der Waals surface area contributed by atoms with Crippen molar-refractivity contribution in [1.29, 1.82) is 0 Å². The number of Topliss-reactive ketones (excluding diaryl/α,β-unsaturated/α-hetero) is 2. The monoisotopic (exact) mass is 590 g/mol. The highest BCUT2D eigenvalue weighted by molar-refractivity contribution is 6.31. The number of piperidine rings is 1. The number of allylic oxidation sites excluding steroid dienone is 3. The average Bonchev–Trinajstić information content (AvgIpc) is 2.88. The first-order chi connectivity index (χ1) is 19.3. The Morgan fingerprint density at radius 2 is 1.83 bits per heavy atom. The fourth-order valence-electron chi connectivity index (χ4n) is 7.16. The summed E-state index contributed by atoms with van der Waals surface area (Å²) in [6.07, 6.45) is 3.19. The summed E-state index contributed by atoms with van der Waals surface area (Å²) in [5, 5.41) is 48.1. The summed E-state index contributed by atoms with van der Waals surface area (Å²) in [5.41, 5.74) is 1.86. The van der Waals surface area contributed by atoms with Crippen LogP contribution in [0.5, 0.6) is 0 Å². The van der Waals surface area contributed by atoms with Crippen LogP contribution in [0.1, 0.15) is 32.1 Å². The van der Waals surface area contributed by atoms with Crippen molar-refractivity contribution >= 4 is 35.0 Å². The molecule has 4 aliphatic carbocycles.